The van der Waals surface area contributed by atoms with E-state index in [2.05, 4.69) is 14.9 Å². The predicted octanol–water partition coefficient (Wildman–Crippen LogP) is 2.83. The fourth-order valence-electron chi connectivity index (χ4n) is 2.83. The third-order valence-corrected chi connectivity index (χ3v) is 6.87. The van der Waals surface area contributed by atoms with Crippen molar-refractivity contribution in [2.24, 2.45) is 0 Å². The molecular weight excluding hydrogens is 436 g/mol. The maximum absolute atomic E-state index is 12.4. The fraction of sp³-hybridized carbons (Fsp3) is 0.111. The van der Waals surface area contributed by atoms with Crippen molar-refractivity contribution in [2.45, 2.75) is 11.3 Å². The van der Waals surface area contributed by atoms with Gasteiger partial charge in [0.05, 0.1) is 16.0 Å². The van der Waals surface area contributed by atoms with Gasteiger partial charge in [-0.1, -0.05) is 35.1 Å². The molecule has 11 heteroatoms. The largest absolute Gasteiger partial charge is 0.274 e. The lowest BCUT2D eigenvalue weighted by Gasteiger charge is -2.12. The number of anilines is 1. The molecule has 3 aromatic rings. The van der Waals surface area contributed by atoms with Crippen molar-refractivity contribution in [3.05, 3.63) is 69.7 Å². The molecule has 0 spiro atoms. The molecule has 4 rings (SSSR count). The first-order chi connectivity index (χ1) is 13.8. The average Bonchev–Trinajstić information content (AvgIpc) is 3.23. The normalized spacial score (nSPS) is 13.6. The standard InChI is InChI=1S/C18H13ClN4O4S2/c19-11-5-7-12(8-6-11)29(26,27)22-18-21-20-15(28-18)9-10-23-16(24)13-3-1-2-4-14(13)17(23)25/h1-8H,9-10H2,(H,21,22). The number of hydrogen-bond acceptors (Lipinski definition) is 7. The van der Waals surface area contributed by atoms with Gasteiger partial charge in [-0.15, -0.1) is 10.2 Å². The van der Waals surface area contributed by atoms with Gasteiger partial charge in [-0.3, -0.25) is 19.2 Å². The van der Waals surface area contributed by atoms with Gasteiger partial charge in [0.2, 0.25) is 5.13 Å². The number of nitrogens with one attached hydrogen (secondary N) is 1. The summed E-state index contributed by atoms with van der Waals surface area (Å²) in [7, 11) is -3.82. The van der Waals surface area contributed by atoms with E-state index in [1.165, 1.54) is 24.3 Å². The van der Waals surface area contributed by atoms with E-state index in [0.29, 0.717) is 21.2 Å². The number of fused-ring (bicyclic) bond motifs is 1. The van der Waals surface area contributed by atoms with Gasteiger partial charge in [-0.25, -0.2) is 8.42 Å². The van der Waals surface area contributed by atoms with Crippen LogP contribution in [-0.2, 0) is 16.4 Å². The molecule has 8 nitrogen and oxygen atoms in total. The molecule has 2 aromatic carbocycles. The molecule has 0 atom stereocenters. The van der Waals surface area contributed by atoms with Gasteiger partial charge >= 0.3 is 0 Å². The Morgan fingerprint density at radius 1 is 0.966 bits per heavy atom. The molecule has 2 amide bonds. The highest BCUT2D eigenvalue weighted by atomic mass is 35.5. The first-order valence-corrected chi connectivity index (χ1v) is 11.1. The SMILES string of the molecule is O=C1c2ccccc2C(=O)N1CCc1nnc(NS(=O)(=O)c2ccc(Cl)cc2)s1. The van der Waals surface area contributed by atoms with E-state index < -0.39 is 10.0 Å². The Morgan fingerprint density at radius 2 is 1.59 bits per heavy atom. The van der Waals surface area contributed by atoms with Crippen LogP contribution in [0, 0.1) is 0 Å². The van der Waals surface area contributed by atoms with Gasteiger partial charge in [0, 0.05) is 18.0 Å². The fourth-order valence-corrected chi connectivity index (χ4v) is 4.92. The van der Waals surface area contributed by atoms with E-state index >= 15 is 0 Å². The minimum absolute atomic E-state index is 0.0460. The van der Waals surface area contributed by atoms with Crippen molar-refractivity contribution in [3.63, 3.8) is 0 Å². The van der Waals surface area contributed by atoms with Crippen LogP contribution < -0.4 is 4.72 Å². The second-order valence-electron chi connectivity index (χ2n) is 6.12. The van der Waals surface area contributed by atoms with Crippen LogP contribution in [0.1, 0.15) is 25.7 Å². The smallest absolute Gasteiger partial charge is 0.263 e. The Kier molecular flexibility index (Phi) is 5.07. The van der Waals surface area contributed by atoms with E-state index in [9.17, 15) is 18.0 Å². The number of carbonyl (C=O) groups excluding carboxylic acids is 2. The highest BCUT2D eigenvalue weighted by Gasteiger charge is 2.34. The predicted molar refractivity (Wildman–Crippen MR) is 108 cm³/mol. The lowest BCUT2D eigenvalue weighted by Crippen LogP contribution is -2.31. The van der Waals surface area contributed by atoms with Gasteiger partial charge in [-0.2, -0.15) is 0 Å². The van der Waals surface area contributed by atoms with Crippen molar-refractivity contribution < 1.29 is 18.0 Å². The van der Waals surface area contributed by atoms with Gasteiger partial charge in [0.25, 0.3) is 21.8 Å². The number of benzene rings is 2. The molecule has 0 fully saturated rings. The first-order valence-electron chi connectivity index (χ1n) is 8.41. The summed E-state index contributed by atoms with van der Waals surface area (Å²) in [4.78, 5) is 25.9. The summed E-state index contributed by atoms with van der Waals surface area (Å²) in [5.74, 6) is -0.697. The van der Waals surface area contributed by atoms with Crippen LogP contribution >= 0.6 is 22.9 Å². The zero-order chi connectivity index (χ0) is 20.6. The molecule has 1 N–H and O–H groups in total. The number of imide groups is 1. The molecular formula is C18H13ClN4O4S2. The lowest BCUT2D eigenvalue weighted by atomic mass is 10.1. The minimum Gasteiger partial charge on any atom is -0.274 e. The molecule has 1 aliphatic heterocycles. The monoisotopic (exact) mass is 448 g/mol. The number of amides is 2. The number of aromatic nitrogens is 2. The maximum Gasteiger partial charge on any atom is 0.263 e. The first kappa shape index (κ1) is 19.5. The number of nitrogens with zero attached hydrogens (tertiary/aromatic N) is 3. The summed E-state index contributed by atoms with van der Waals surface area (Å²) in [6, 6.07) is 12.4. The average molecular weight is 449 g/mol. The van der Waals surface area contributed by atoms with Crippen molar-refractivity contribution in [2.75, 3.05) is 11.3 Å². The van der Waals surface area contributed by atoms with Crippen LogP contribution in [0.5, 0.6) is 0 Å². The van der Waals surface area contributed by atoms with Crippen molar-refractivity contribution in [3.8, 4) is 0 Å². The van der Waals surface area contributed by atoms with E-state index in [-0.39, 0.29) is 34.8 Å². The number of carbonyl (C=O) groups is 2. The molecule has 1 aromatic heterocycles. The number of halogens is 1. The number of hydrogen-bond donors (Lipinski definition) is 1. The van der Waals surface area contributed by atoms with Crippen LogP contribution in [0.3, 0.4) is 0 Å². The molecule has 0 saturated carbocycles. The van der Waals surface area contributed by atoms with Gasteiger partial charge in [-0.05, 0) is 36.4 Å². The maximum atomic E-state index is 12.4. The van der Waals surface area contributed by atoms with Gasteiger partial charge < -0.3 is 0 Å². The molecule has 2 heterocycles. The van der Waals surface area contributed by atoms with Crippen LogP contribution in [0.2, 0.25) is 5.02 Å². The molecule has 0 bridgehead atoms. The van der Waals surface area contributed by atoms with Crippen molar-refractivity contribution in [1.29, 1.82) is 0 Å². The second-order valence-corrected chi connectivity index (χ2v) is 9.30. The summed E-state index contributed by atoms with van der Waals surface area (Å²) < 4.78 is 27.1. The Bertz CT molecular complexity index is 1170. The Balaban J connectivity index is 1.42. The molecule has 148 valence electrons. The zero-order valence-electron chi connectivity index (χ0n) is 14.7. The Hall–Kier alpha value is -2.82. The molecule has 1 aliphatic rings. The number of rotatable bonds is 6. The molecule has 0 aliphatic carbocycles. The third kappa shape index (κ3) is 3.86. The van der Waals surface area contributed by atoms with Crippen LogP contribution in [0.15, 0.2) is 53.4 Å². The summed E-state index contributed by atoms with van der Waals surface area (Å²) in [5.41, 5.74) is 0.761. The van der Waals surface area contributed by atoms with Crippen LogP contribution in [0.4, 0.5) is 5.13 Å². The van der Waals surface area contributed by atoms with Crippen LogP contribution in [0.25, 0.3) is 0 Å². The van der Waals surface area contributed by atoms with E-state index in [1.807, 2.05) is 0 Å². The minimum atomic E-state index is -3.82. The second kappa shape index (κ2) is 7.54. The van der Waals surface area contributed by atoms with Crippen molar-refractivity contribution in [1.82, 2.24) is 15.1 Å². The molecule has 0 radical (unpaired) electrons. The highest BCUT2D eigenvalue weighted by Crippen LogP contribution is 2.24. The van der Waals surface area contributed by atoms with Crippen molar-refractivity contribution >= 4 is 49.9 Å². The van der Waals surface area contributed by atoms with E-state index in [1.54, 1.807) is 24.3 Å². The molecule has 0 saturated heterocycles. The summed E-state index contributed by atoms with van der Waals surface area (Å²) in [6.07, 6.45) is 0.270. The van der Waals surface area contributed by atoms with E-state index in [0.717, 1.165) is 16.2 Å². The Morgan fingerprint density at radius 3 is 2.21 bits per heavy atom. The van der Waals surface area contributed by atoms with Crippen LogP contribution in [-0.4, -0.2) is 41.9 Å². The molecule has 29 heavy (non-hydrogen) atoms. The number of sulfonamides is 1. The Labute approximate surface area is 175 Å². The zero-order valence-corrected chi connectivity index (χ0v) is 17.1. The third-order valence-electron chi connectivity index (χ3n) is 4.24. The highest BCUT2D eigenvalue weighted by molar-refractivity contribution is 7.93. The lowest BCUT2D eigenvalue weighted by molar-refractivity contribution is 0.0656. The molecule has 0 unspecified atom stereocenters. The van der Waals surface area contributed by atoms with E-state index in [4.69, 9.17) is 11.6 Å². The topological polar surface area (TPSA) is 109 Å². The van der Waals surface area contributed by atoms with Gasteiger partial charge in [0.15, 0.2) is 0 Å². The summed E-state index contributed by atoms with van der Waals surface area (Å²) in [6.45, 7) is 0.130. The van der Waals surface area contributed by atoms with Gasteiger partial charge in [0.1, 0.15) is 5.01 Å². The summed E-state index contributed by atoms with van der Waals surface area (Å²) in [5, 5.41) is 8.79. The quantitative estimate of drug-likeness (QED) is 0.581. The summed E-state index contributed by atoms with van der Waals surface area (Å²) >= 11 is 6.82.